The number of anilines is 2. The molecule has 0 radical (unpaired) electrons. The highest BCUT2D eigenvalue weighted by Crippen LogP contribution is 2.21. The molecule has 0 spiro atoms. The van der Waals surface area contributed by atoms with Crippen molar-refractivity contribution in [3.63, 3.8) is 0 Å². The Morgan fingerprint density at radius 3 is 2.50 bits per heavy atom. The van der Waals surface area contributed by atoms with Crippen LogP contribution in [0, 0.1) is 5.41 Å². The molecule has 0 saturated carbocycles. The molecule has 5 nitrogen and oxygen atoms in total. The summed E-state index contributed by atoms with van der Waals surface area (Å²) in [5.74, 6) is 1.70. The molecule has 0 atom stereocenters. The lowest BCUT2D eigenvalue weighted by Crippen LogP contribution is -2.25. The zero-order valence-electron chi connectivity index (χ0n) is 11.8. The molecular weight excluding hydrogens is 228 g/mol. The van der Waals surface area contributed by atoms with Gasteiger partial charge in [0, 0.05) is 32.9 Å². The van der Waals surface area contributed by atoms with Gasteiger partial charge in [0.05, 0.1) is 0 Å². The lowest BCUT2D eigenvalue weighted by Gasteiger charge is -2.24. The fourth-order valence-corrected chi connectivity index (χ4v) is 1.53. The average Bonchev–Trinajstić information content (AvgIpc) is 2.35. The molecule has 18 heavy (non-hydrogen) atoms. The molecule has 0 bridgehead atoms. The van der Waals surface area contributed by atoms with E-state index in [4.69, 9.17) is 4.74 Å². The summed E-state index contributed by atoms with van der Waals surface area (Å²) >= 11 is 0. The highest BCUT2D eigenvalue weighted by Gasteiger charge is 2.17. The summed E-state index contributed by atoms with van der Waals surface area (Å²) in [7, 11) is 1.73. The van der Waals surface area contributed by atoms with Gasteiger partial charge >= 0.3 is 0 Å². The van der Waals surface area contributed by atoms with E-state index in [9.17, 15) is 0 Å². The van der Waals surface area contributed by atoms with Gasteiger partial charge in [-0.3, -0.25) is 0 Å². The Bertz CT molecular complexity index is 355. The van der Waals surface area contributed by atoms with E-state index in [1.165, 1.54) is 0 Å². The monoisotopic (exact) mass is 252 g/mol. The van der Waals surface area contributed by atoms with Crippen molar-refractivity contribution in [2.24, 2.45) is 5.41 Å². The Morgan fingerprint density at radius 2 is 1.89 bits per heavy atom. The SMILES string of the molecule is CCNc1cc(NCC(C)(C)CCOC)ncn1. The highest BCUT2D eigenvalue weighted by molar-refractivity contribution is 5.46. The van der Waals surface area contributed by atoms with Crippen LogP contribution in [0.4, 0.5) is 11.6 Å². The van der Waals surface area contributed by atoms with E-state index in [1.807, 2.05) is 13.0 Å². The second kappa shape index (κ2) is 7.16. The van der Waals surface area contributed by atoms with Crippen LogP contribution in [-0.2, 0) is 4.74 Å². The van der Waals surface area contributed by atoms with Crippen molar-refractivity contribution in [3.8, 4) is 0 Å². The van der Waals surface area contributed by atoms with E-state index >= 15 is 0 Å². The van der Waals surface area contributed by atoms with Crippen LogP contribution in [-0.4, -0.2) is 36.8 Å². The number of ether oxygens (including phenoxy) is 1. The predicted molar refractivity (Wildman–Crippen MR) is 75.0 cm³/mol. The van der Waals surface area contributed by atoms with Gasteiger partial charge in [-0.2, -0.15) is 0 Å². The molecule has 1 aromatic rings. The number of nitrogens with one attached hydrogen (secondary N) is 2. The van der Waals surface area contributed by atoms with Crippen LogP contribution in [0.5, 0.6) is 0 Å². The van der Waals surface area contributed by atoms with Crippen LogP contribution in [0.25, 0.3) is 0 Å². The Kier molecular flexibility index (Phi) is 5.85. The molecule has 0 aliphatic heterocycles. The number of aromatic nitrogens is 2. The lowest BCUT2D eigenvalue weighted by atomic mass is 9.90. The summed E-state index contributed by atoms with van der Waals surface area (Å²) in [4.78, 5) is 8.35. The van der Waals surface area contributed by atoms with Crippen molar-refractivity contribution >= 4 is 11.6 Å². The summed E-state index contributed by atoms with van der Waals surface area (Å²) in [5.41, 5.74) is 0.180. The van der Waals surface area contributed by atoms with Crippen LogP contribution in [0.1, 0.15) is 27.2 Å². The first kappa shape index (κ1) is 14.7. The van der Waals surface area contributed by atoms with E-state index in [-0.39, 0.29) is 5.41 Å². The van der Waals surface area contributed by atoms with Crippen LogP contribution in [0.3, 0.4) is 0 Å². The molecule has 5 heteroatoms. The molecule has 1 heterocycles. The molecule has 0 fully saturated rings. The van der Waals surface area contributed by atoms with E-state index in [0.29, 0.717) is 0 Å². The zero-order valence-corrected chi connectivity index (χ0v) is 11.8. The molecule has 2 N–H and O–H groups in total. The van der Waals surface area contributed by atoms with Crippen molar-refractivity contribution in [2.75, 3.05) is 37.4 Å². The minimum absolute atomic E-state index is 0.180. The minimum atomic E-state index is 0.180. The Labute approximate surface area is 109 Å². The first-order valence-electron chi connectivity index (χ1n) is 6.36. The average molecular weight is 252 g/mol. The van der Waals surface area contributed by atoms with Crippen LogP contribution in [0.15, 0.2) is 12.4 Å². The predicted octanol–water partition coefficient (Wildman–Crippen LogP) is 2.38. The van der Waals surface area contributed by atoms with Crippen molar-refractivity contribution in [1.82, 2.24) is 9.97 Å². The Balaban J connectivity index is 2.49. The largest absolute Gasteiger partial charge is 0.385 e. The molecule has 0 aliphatic rings. The smallest absolute Gasteiger partial charge is 0.131 e. The topological polar surface area (TPSA) is 59.1 Å². The van der Waals surface area contributed by atoms with Gasteiger partial charge in [0.1, 0.15) is 18.0 Å². The molecule has 102 valence electrons. The molecule has 0 aliphatic carbocycles. The number of methoxy groups -OCH3 is 1. The third-order valence-corrected chi connectivity index (χ3v) is 2.76. The standard InChI is InChI=1S/C13H24N4O/c1-5-14-11-8-12(17-10-16-11)15-9-13(2,3)6-7-18-4/h8,10H,5-7,9H2,1-4H3,(H2,14,15,16,17). The number of hydrogen-bond acceptors (Lipinski definition) is 5. The summed E-state index contributed by atoms with van der Waals surface area (Å²) in [6.45, 7) is 8.97. The second-order valence-corrected chi connectivity index (χ2v) is 5.08. The molecule has 1 aromatic heterocycles. The van der Waals surface area contributed by atoms with Gasteiger partial charge in [0.15, 0.2) is 0 Å². The quantitative estimate of drug-likeness (QED) is 0.744. The fourth-order valence-electron chi connectivity index (χ4n) is 1.53. The molecular formula is C13H24N4O. The van der Waals surface area contributed by atoms with Crippen molar-refractivity contribution < 1.29 is 4.74 Å². The van der Waals surface area contributed by atoms with E-state index in [1.54, 1.807) is 13.4 Å². The van der Waals surface area contributed by atoms with Gasteiger partial charge in [-0.1, -0.05) is 13.8 Å². The summed E-state index contributed by atoms with van der Waals surface area (Å²) in [5, 5.41) is 6.51. The maximum atomic E-state index is 5.12. The number of hydrogen-bond donors (Lipinski definition) is 2. The van der Waals surface area contributed by atoms with Gasteiger partial charge in [-0.25, -0.2) is 9.97 Å². The second-order valence-electron chi connectivity index (χ2n) is 5.08. The Hall–Kier alpha value is -1.36. The first-order valence-corrected chi connectivity index (χ1v) is 6.36. The number of rotatable bonds is 8. The van der Waals surface area contributed by atoms with Gasteiger partial charge in [0.2, 0.25) is 0 Å². The van der Waals surface area contributed by atoms with E-state index in [0.717, 1.165) is 37.8 Å². The van der Waals surface area contributed by atoms with Gasteiger partial charge in [-0.15, -0.1) is 0 Å². The maximum Gasteiger partial charge on any atom is 0.131 e. The van der Waals surface area contributed by atoms with Gasteiger partial charge < -0.3 is 15.4 Å². The number of nitrogens with zero attached hydrogens (tertiary/aromatic N) is 2. The van der Waals surface area contributed by atoms with Crippen LogP contribution in [0.2, 0.25) is 0 Å². The normalized spacial score (nSPS) is 11.3. The molecule has 0 aromatic carbocycles. The van der Waals surface area contributed by atoms with Crippen molar-refractivity contribution in [1.29, 1.82) is 0 Å². The minimum Gasteiger partial charge on any atom is -0.385 e. The zero-order chi connectivity index (χ0) is 13.4. The third kappa shape index (κ3) is 5.31. The van der Waals surface area contributed by atoms with E-state index in [2.05, 4.69) is 34.4 Å². The molecule has 0 saturated heterocycles. The summed E-state index contributed by atoms with van der Waals surface area (Å²) in [6.07, 6.45) is 2.59. The van der Waals surface area contributed by atoms with Crippen LogP contribution >= 0.6 is 0 Å². The summed E-state index contributed by atoms with van der Waals surface area (Å²) in [6, 6.07) is 1.93. The lowest BCUT2D eigenvalue weighted by molar-refractivity contribution is 0.157. The highest BCUT2D eigenvalue weighted by atomic mass is 16.5. The fraction of sp³-hybridized carbons (Fsp3) is 0.692. The van der Waals surface area contributed by atoms with Crippen molar-refractivity contribution in [3.05, 3.63) is 12.4 Å². The molecule has 0 amide bonds. The van der Waals surface area contributed by atoms with Crippen molar-refractivity contribution in [2.45, 2.75) is 27.2 Å². The first-order chi connectivity index (χ1) is 8.57. The molecule has 1 rings (SSSR count). The van der Waals surface area contributed by atoms with Crippen LogP contribution < -0.4 is 10.6 Å². The van der Waals surface area contributed by atoms with E-state index < -0.39 is 0 Å². The third-order valence-electron chi connectivity index (χ3n) is 2.76. The van der Waals surface area contributed by atoms with Gasteiger partial charge in [-0.05, 0) is 18.8 Å². The Morgan fingerprint density at radius 1 is 1.22 bits per heavy atom. The van der Waals surface area contributed by atoms with Gasteiger partial charge in [0.25, 0.3) is 0 Å². The molecule has 0 unspecified atom stereocenters. The maximum absolute atomic E-state index is 5.12. The summed E-state index contributed by atoms with van der Waals surface area (Å²) < 4.78 is 5.12.